The molecule has 4 aromatic heterocycles. The van der Waals surface area contributed by atoms with Gasteiger partial charge in [-0.3, -0.25) is 19.1 Å². The number of aromatic nitrogens is 5. The zero-order chi connectivity index (χ0) is 25.8. The monoisotopic (exact) mass is 551 g/mol. The summed E-state index contributed by atoms with van der Waals surface area (Å²) in [5, 5.41) is 10.5. The molecule has 0 aliphatic rings. The maximum atomic E-state index is 13.5. The van der Waals surface area contributed by atoms with E-state index in [9.17, 15) is 9.59 Å². The van der Waals surface area contributed by atoms with Crippen molar-refractivity contribution >= 4 is 57.6 Å². The minimum absolute atomic E-state index is 0.185. The second-order valence-electron chi connectivity index (χ2n) is 7.93. The molecule has 37 heavy (non-hydrogen) atoms. The number of amides is 1. The predicted molar refractivity (Wildman–Crippen MR) is 145 cm³/mol. The van der Waals surface area contributed by atoms with Gasteiger partial charge in [0.1, 0.15) is 11.2 Å². The van der Waals surface area contributed by atoms with Crippen LogP contribution in [0, 0.1) is 0 Å². The molecular weight excluding hydrogens is 533 g/mol. The van der Waals surface area contributed by atoms with Gasteiger partial charge in [0.05, 0.1) is 16.2 Å². The van der Waals surface area contributed by atoms with E-state index in [4.69, 9.17) is 23.2 Å². The molecule has 2 N–H and O–H groups in total. The molecule has 12 heteroatoms. The van der Waals surface area contributed by atoms with Crippen LogP contribution in [0.2, 0.25) is 10.0 Å². The van der Waals surface area contributed by atoms with Crippen molar-refractivity contribution in [2.45, 2.75) is 13.1 Å². The van der Waals surface area contributed by atoms with E-state index in [1.54, 1.807) is 54.3 Å². The quantitative estimate of drug-likeness (QED) is 0.288. The molecule has 4 heterocycles. The van der Waals surface area contributed by atoms with E-state index in [-0.39, 0.29) is 30.2 Å². The Morgan fingerprint density at radius 3 is 2.73 bits per heavy atom. The first kappa shape index (κ1) is 24.8. The van der Waals surface area contributed by atoms with Crippen molar-refractivity contribution in [1.82, 2.24) is 29.8 Å². The maximum Gasteiger partial charge on any atom is 0.278 e. The van der Waals surface area contributed by atoms with E-state index >= 15 is 0 Å². The molecule has 1 amide bonds. The van der Waals surface area contributed by atoms with Crippen LogP contribution in [0.25, 0.3) is 22.4 Å². The molecular formula is C25H19Cl2N7O2S. The summed E-state index contributed by atoms with van der Waals surface area (Å²) in [6.45, 7) is 0.797. The third-order valence-corrected chi connectivity index (χ3v) is 6.88. The number of thiophene rings is 1. The third-order valence-electron chi connectivity index (χ3n) is 5.46. The summed E-state index contributed by atoms with van der Waals surface area (Å²) in [4.78, 5) is 43.4. The number of carbonyl (C=O) groups is 1. The minimum Gasteiger partial charge on any atom is -0.350 e. The van der Waals surface area contributed by atoms with Crippen LogP contribution in [0.3, 0.4) is 0 Å². The topological polar surface area (TPSA) is 115 Å². The Morgan fingerprint density at radius 1 is 1.08 bits per heavy atom. The van der Waals surface area contributed by atoms with Crippen LogP contribution in [-0.4, -0.2) is 37.0 Å². The number of nitrogens with one attached hydrogen (secondary N) is 2. The molecule has 0 spiro atoms. The van der Waals surface area contributed by atoms with Crippen LogP contribution < -0.4 is 16.2 Å². The normalized spacial score (nSPS) is 11.0. The van der Waals surface area contributed by atoms with Gasteiger partial charge in [-0.25, -0.2) is 9.97 Å². The van der Waals surface area contributed by atoms with E-state index in [0.29, 0.717) is 44.8 Å². The molecule has 0 aliphatic heterocycles. The number of benzene rings is 1. The molecule has 186 valence electrons. The molecule has 1 aromatic carbocycles. The molecule has 0 bridgehead atoms. The summed E-state index contributed by atoms with van der Waals surface area (Å²) in [5.74, 6) is 0.101. The predicted octanol–water partition coefficient (Wildman–Crippen LogP) is 4.66. The van der Waals surface area contributed by atoms with E-state index in [1.807, 2.05) is 11.4 Å². The number of rotatable bonds is 8. The Hall–Kier alpha value is -3.86. The van der Waals surface area contributed by atoms with Crippen LogP contribution in [0.15, 0.2) is 70.5 Å². The van der Waals surface area contributed by atoms with Crippen molar-refractivity contribution in [1.29, 1.82) is 0 Å². The average Bonchev–Trinajstić information content (AvgIpc) is 3.46. The van der Waals surface area contributed by atoms with Gasteiger partial charge in [-0.15, -0.1) is 0 Å². The number of carbonyl (C=O) groups excluding carboxylic acids is 1. The number of pyridine rings is 1. The standard InChI is InChI=1S/C25H19Cl2N7O2S/c26-18-4-3-15(10-19(18)27)11-30-25-31-13-20-22(33-25)34(8-7-29-23(35)17-5-9-37-14-17)24(36)21(32-20)16-2-1-6-28-12-16/h1-6,9-10,12-14H,7-8,11H2,(H,29,35)(H,30,31,33). The van der Waals surface area contributed by atoms with Crippen molar-refractivity contribution in [2.75, 3.05) is 11.9 Å². The van der Waals surface area contributed by atoms with Crippen molar-refractivity contribution in [3.8, 4) is 11.3 Å². The molecule has 0 fully saturated rings. The number of hydrogen-bond donors (Lipinski definition) is 2. The zero-order valence-corrected chi connectivity index (χ0v) is 21.5. The number of halogens is 2. The third kappa shape index (κ3) is 5.61. The summed E-state index contributed by atoms with van der Waals surface area (Å²) in [6, 6.07) is 10.6. The lowest BCUT2D eigenvalue weighted by Gasteiger charge is -2.13. The SMILES string of the molecule is O=C(NCCn1c(=O)c(-c2cccnc2)nc2cnc(NCc3ccc(Cl)c(Cl)c3)nc21)c1ccsc1. The van der Waals surface area contributed by atoms with Crippen LogP contribution in [0.5, 0.6) is 0 Å². The van der Waals surface area contributed by atoms with Gasteiger partial charge in [0.25, 0.3) is 11.5 Å². The summed E-state index contributed by atoms with van der Waals surface area (Å²) in [7, 11) is 0. The van der Waals surface area contributed by atoms with Gasteiger partial charge in [-0.2, -0.15) is 16.3 Å². The largest absolute Gasteiger partial charge is 0.350 e. The van der Waals surface area contributed by atoms with Gasteiger partial charge >= 0.3 is 0 Å². The first-order valence-corrected chi connectivity index (χ1v) is 12.9. The van der Waals surface area contributed by atoms with Gasteiger partial charge in [0.2, 0.25) is 5.95 Å². The number of nitrogens with zero attached hydrogens (tertiary/aromatic N) is 5. The second-order valence-corrected chi connectivity index (χ2v) is 9.53. The van der Waals surface area contributed by atoms with E-state index in [0.717, 1.165) is 5.56 Å². The first-order valence-electron chi connectivity index (χ1n) is 11.2. The smallest absolute Gasteiger partial charge is 0.278 e. The Labute approximate surface area is 225 Å². The highest BCUT2D eigenvalue weighted by Crippen LogP contribution is 2.23. The lowest BCUT2D eigenvalue weighted by Crippen LogP contribution is -2.32. The highest BCUT2D eigenvalue weighted by atomic mass is 35.5. The minimum atomic E-state index is -0.348. The first-order chi connectivity index (χ1) is 18.0. The molecule has 0 aliphatic carbocycles. The molecule has 0 unspecified atom stereocenters. The molecule has 5 rings (SSSR count). The molecule has 9 nitrogen and oxygen atoms in total. The lowest BCUT2D eigenvalue weighted by molar-refractivity contribution is 0.0952. The van der Waals surface area contributed by atoms with Crippen molar-refractivity contribution in [2.24, 2.45) is 0 Å². The van der Waals surface area contributed by atoms with E-state index < -0.39 is 0 Å². The summed E-state index contributed by atoms with van der Waals surface area (Å²) in [5.41, 5.74) is 2.69. The maximum absolute atomic E-state index is 13.5. The number of hydrogen-bond acceptors (Lipinski definition) is 8. The van der Waals surface area contributed by atoms with Crippen molar-refractivity contribution in [3.05, 3.63) is 97.3 Å². The molecule has 5 aromatic rings. The van der Waals surface area contributed by atoms with Crippen LogP contribution in [0.4, 0.5) is 5.95 Å². The van der Waals surface area contributed by atoms with E-state index in [1.165, 1.54) is 15.9 Å². The molecule has 0 saturated heterocycles. The van der Waals surface area contributed by atoms with Crippen molar-refractivity contribution in [3.63, 3.8) is 0 Å². The highest BCUT2D eigenvalue weighted by molar-refractivity contribution is 7.08. The second kappa shape index (κ2) is 11.0. The van der Waals surface area contributed by atoms with Gasteiger partial charge in [-0.05, 0) is 41.3 Å². The van der Waals surface area contributed by atoms with Crippen LogP contribution in [-0.2, 0) is 13.1 Å². The van der Waals surface area contributed by atoms with Crippen molar-refractivity contribution < 1.29 is 4.79 Å². The van der Waals surface area contributed by atoms with Gasteiger partial charge in [0.15, 0.2) is 5.65 Å². The Balaban J connectivity index is 1.46. The number of anilines is 1. The van der Waals surface area contributed by atoms with Gasteiger partial charge in [0, 0.05) is 48.5 Å². The van der Waals surface area contributed by atoms with E-state index in [2.05, 4.69) is 30.6 Å². The fourth-order valence-electron chi connectivity index (χ4n) is 3.63. The Kier molecular flexibility index (Phi) is 7.40. The summed E-state index contributed by atoms with van der Waals surface area (Å²) >= 11 is 13.5. The molecule has 0 radical (unpaired) electrons. The average molecular weight is 552 g/mol. The summed E-state index contributed by atoms with van der Waals surface area (Å²) in [6.07, 6.45) is 4.75. The Morgan fingerprint density at radius 2 is 1.97 bits per heavy atom. The lowest BCUT2D eigenvalue weighted by atomic mass is 10.2. The van der Waals surface area contributed by atoms with Gasteiger partial charge < -0.3 is 10.6 Å². The molecule has 0 saturated carbocycles. The highest BCUT2D eigenvalue weighted by Gasteiger charge is 2.16. The van der Waals surface area contributed by atoms with Crippen LogP contribution in [0.1, 0.15) is 15.9 Å². The van der Waals surface area contributed by atoms with Gasteiger partial charge in [-0.1, -0.05) is 29.3 Å². The molecule has 0 atom stereocenters. The summed E-state index contributed by atoms with van der Waals surface area (Å²) < 4.78 is 1.49. The fourth-order valence-corrected chi connectivity index (χ4v) is 4.58. The zero-order valence-electron chi connectivity index (χ0n) is 19.2. The Bertz CT molecular complexity index is 1630. The van der Waals surface area contributed by atoms with Crippen LogP contribution >= 0.6 is 34.5 Å². The number of fused-ring (bicyclic) bond motifs is 1. The fraction of sp³-hybridized carbons (Fsp3) is 0.120.